The molecule has 2 N–H and O–H groups in total. The van der Waals surface area contributed by atoms with Gasteiger partial charge >= 0.3 is 20.2 Å². The average molecular weight is 329 g/mol. The third-order valence-corrected chi connectivity index (χ3v) is 4.17. The van der Waals surface area contributed by atoms with Crippen molar-refractivity contribution in [2.24, 2.45) is 0 Å². The molecule has 1 aliphatic heterocycles. The molecule has 0 atom stereocenters. The molecule has 2 aromatic rings. The van der Waals surface area contributed by atoms with E-state index in [0.717, 1.165) is 43.2 Å². The van der Waals surface area contributed by atoms with Gasteiger partial charge in [0.2, 0.25) is 5.95 Å². The molecule has 0 unspecified atom stereocenters. The minimum Gasteiger partial charge on any atom is -0.368 e. The molecular formula is C16H28BN7. The first-order valence-corrected chi connectivity index (χ1v) is 8.44. The van der Waals surface area contributed by atoms with Crippen LogP contribution in [0.5, 0.6) is 0 Å². The molecule has 0 radical (unpaired) electrons. The molecule has 1 fully saturated rings. The van der Waals surface area contributed by atoms with Gasteiger partial charge in [-0.2, -0.15) is 9.50 Å². The molecule has 0 spiro atoms. The van der Waals surface area contributed by atoms with E-state index < -0.39 is 0 Å². The fourth-order valence-corrected chi connectivity index (χ4v) is 2.92. The zero-order valence-electron chi connectivity index (χ0n) is 15.5. The maximum Gasteiger partial charge on any atom is 0.225 e. The molecule has 0 saturated carbocycles. The van der Waals surface area contributed by atoms with Crippen LogP contribution in [0.2, 0.25) is 6.82 Å². The monoisotopic (exact) mass is 329 g/mol. The molecule has 0 aliphatic carbocycles. The molecule has 130 valence electrons. The second kappa shape index (κ2) is 7.74. The van der Waals surface area contributed by atoms with Crippen LogP contribution in [0.15, 0.2) is 0 Å². The molecular weight excluding hydrogens is 301 g/mol. The Morgan fingerprint density at radius 2 is 1.71 bits per heavy atom. The molecule has 1 saturated heterocycles. The van der Waals surface area contributed by atoms with Crippen molar-refractivity contribution in [3.8, 4) is 0 Å². The largest absolute Gasteiger partial charge is 0.368 e. The summed E-state index contributed by atoms with van der Waals surface area (Å²) in [6.07, 6.45) is 0. The number of hydrogen-bond donors (Lipinski definition) is 1. The van der Waals surface area contributed by atoms with Crippen molar-refractivity contribution < 1.29 is 0 Å². The van der Waals surface area contributed by atoms with E-state index in [1.165, 1.54) is 0 Å². The first kappa shape index (κ1) is 18.4. The van der Waals surface area contributed by atoms with Crippen LogP contribution < -0.4 is 10.6 Å². The smallest absolute Gasteiger partial charge is 0.225 e. The molecule has 2 aromatic heterocycles. The average Bonchev–Trinajstić information content (AvgIpc) is 2.94. The van der Waals surface area contributed by atoms with Crippen LogP contribution in [0.25, 0.3) is 5.65 Å². The molecule has 24 heavy (non-hydrogen) atoms. The number of aryl methyl sites for hydroxylation is 2. The summed E-state index contributed by atoms with van der Waals surface area (Å²) in [5.41, 5.74) is 7.88. The third kappa shape index (κ3) is 3.75. The number of nitrogens with zero attached hydrogens (tertiary/aromatic N) is 6. The first-order valence-electron chi connectivity index (χ1n) is 8.44. The number of hydrogen-bond acceptors (Lipinski definition) is 6. The number of fused-ring (bicyclic) bond motifs is 1. The summed E-state index contributed by atoms with van der Waals surface area (Å²) in [6.45, 7) is 19.4. The van der Waals surface area contributed by atoms with Crippen molar-refractivity contribution in [2.45, 2.75) is 40.6 Å². The molecule has 1 aliphatic rings. The predicted octanol–water partition coefficient (Wildman–Crippen LogP) is 1.02. The molecule has 7 nitrogen and oxygen atoms in total. The van der Waals surface area contributed by atoms with Gasteiger partial charge in [-0.05, 0) is 27.7 Å². The topological polar surface area (TPSA) is 75.6 Å². The van der Waals surface area contributed by atoms with Gasteiger partial charge in [-0.3, -0.25) is 4.90 Å². The van der Waals surface area contributed by atoms with E-state index in [4.69, 9.17) is 5.73 Å². The van der Waals surface area contributed by atoms with Crippen molar-refractivity contribution in [1.82, 2.24) is 24.5 Å². The molecule has 0 amide bonds. The Kier molecular flexibility index (Phi) is 5.93. The standard InChI is InChI=1S/C14H23N7.C2H5B/c1-9(2)19-5-7-20(8-6-19)12-10(3)13-16-11(4)18-21(13)14(15)17-12;1-3-2/h9H,5-8H2,1-4H3,(H2,15,17);1H2,2H3. The van der Waals surface area contributed by atoms with Crippen LogP contribution in [0.3, 0.4) is 0 Å². The van der Waals surface area contributed by atoms with Crippen LogP contribution in [0, 0.1) is 13.8 Å². The van der Waals surface area contributed by atoms with E-state index in [9.17, 15) is 0 Å². The van der Waals surface area contributed by atoms with Gasteiger partial charge in [0.1, 0.15) is 11.6 Å². The summed E-state index contributed by atoms with van der Waals surface area (Å²) >= 11 is 0. The minimum absolute atomic E-state index is 0.400. The van der Waals surface area contributed by atoms with Gasteiger partial charge in [-0.15, -0.1) is 5.10 Å². The van der Waals surface area contributed by atoms with Crippen LogP contribution in [0.4, 0.5) is 11.8 Å². The van der Waals surface area contributed by atoms with Crippen molar-refractivity contribution in [3.63, 3.8) is 0 Å². The summed E-state index contributed by atoms with van der Waals surface area (Å²) < 4.78 is 1.62. The summed E-state index contributed by atoms with van der Waals surface area (Å²) in [5.74, 6) is 2.06. The zero-order valence-corrected chi connectivity index (χ0v) is 15.5. The quantitative estimate of drug-likeness (QED) is 0.830. The maximum atomic E-state index is 6.03. The fourth-order valence-electron chi connectivity index (χ4n) is 2.92. The molecule has 8 heteroatoms. The normalized spacial score (nSPS) is 15.3. The third-order valence-electron chi connectivity index (χ3n) is 4.17. The number of piperazine rings is 1. The number of nitrogen functional groups attached to an aromatic ring is 1. The Balaban J connectivity index is 0.000000647. The van der Waals surface area contributed by atoms with Gasteiger partial charge in [0.25, 0.3) is 0 Å². The van der Waals surface area contributed by atoms with E-state index in [0.29, 0.717) is 17.8 Å². The van der Waals surface area contributed by atoms with Crippen LogP contribution >= 0.6 is 0 Å². The predicted molar refractivity (Wildman–Crippen MR) is 102 cm³/mol. The Morgan fingerprint density at radius 1 is 1.12 bits per heavy atom. The minimum atomic E-state index is 0.400. The number of nitrogens with two attached hydrogens (primary N) is 1. The van der Waals surface area contributed by atoms with Gasteiger partial charge in [-0.1, -0.05) is 0 Å². The van der Waals surface area contributed by atoms with E-state index in [1.807, 2.05) is 20.7 Å². The van der Waals surface area contributed by atoms with E-state index in [2.05, 4.69) is 45.2 Å². The van der Waals surface area contributed by atoms with E-state index >= 15 is 0 Å². The number of aromatic nitrogens is 4. The van der Waals surface area contributed by atoms with Crippen LogP contribution in [-0.2, 0) is 0 Å². The van der Waals surface area contributed by atoms with Crippen molar-refractivity contribution in [1.29, 1.82) is 0 Å². The van der Waals surface area contributed by atoms with Gasteiger partial charge in [-0.25, -0.2) is 4.98 Å². The first-order chi connectivity index (χ1) is 11.4. The van der Waals surface area contributed by atoms with Gasteiger partial charge in [0.15, 0.2) is 5.65 Å². The van der Waals surface area contributed by atoms with Crippen LogP contribution in [0.1, 0.15) is 25.2 Å². The van der Waals surface area contributed by atoms with Crippen molar-refractivity contribution >= 4 is 30.8 Å². The molecule has 3 rings (SSSR count). The zero-order chi connectivity index (χ0) is 17.9. The van der Waals surface area contributed by atoms with E-state index in [1.54, 1.807) is 11.4 Å². The summed E-state index contributed by atoms with van der Waals surface area (Å²) in [5, 5.41) is 4.29. The second-order valence-corrected chi connectivity index (χ2v) is 6.34. The Bertz CT molecular complexity index is 702. The molecule has 3 heterocycles. The van der Waals surface area contributed by atoms with E-state index in [-0.39, 0.29) is 0 Å². The number of rotatable bonds is 2. The molecule has 0 bridgehead atoms. The van der Waals surface area contributed by atoms with Crippen molar-refractivity contribution in [2.75, 3.05) is 36.8 Å². The SMILES string of the molecule is C=BC.Cc1nc2c(C)c(N3CCN(C(C)C)CC3)nc(N)n2n1. The van der Waals surface area contributed by atoms with Crippen LogP contribution in [-0.4, -0.2) is 70.1 Å². The number of anilines is 2. The van der Waals surface area contributed by atoms with Gasteiger partial charge in [0, 0.05) is 37.8 Å². The van der Waals surface area contributed by atoms with Crippen molar-refractivity contribution in [3.05, 3.63) is 11.4 Å². The van der Waals surface area contributed by atoms with Gasteiger partial charge < -0.3 is 10.6 Å². The Hall–Kier alpha value is -1.96. The fraction of sp³-hybridized carbons (Fsp3) is 0.625. The molecule has 0 aromatic carbocycles. The Morgan fingerprint density at radius 3 is 2.25 bits per heavy atom. The summed E-state index contributed by atoms with van der Waals surface area (Å²) in [7, 11) is 0. The summed E-state index contributed by atoms with van der Waals surface area (Å²) in [4.78, 5) is 13.8. The second-order valence-electron chi connectivity index (χ2n) is 6.34. The van der Waals surface area contributed by atoms with Gasteiger partial charge in [0.05, 0.1) is 0 Å². The maximum absolute atomic E-state index is 6.03. The summed E-state index contributed by atoms with van der Waals surface area (Å²) in [6, 6.07) is 0.591. The Labute approximate surface area is 144 Å².